The van der Waals surface area contributed by atoms with Gasteiger partial charge in [0.1, 0.15) is 11.5 Å². The summed E-state index contributed by atoms with van der Waals surface area (Å²) in [6, 6.07) is 11.9. The van der Waals surface area contributed by atoms with E-state index in [9.17, 15) is 4.79 Å². The van der Waals surface area contributed by atoms with Crippen molar-refractivity contribution >= 4 is 5.97 Å². The smallest absolute Gasteiger partial charge is 0.312 e. The Hall–Kier alpha value is -2.29. The summed E-state index contributed by atoms with van der Waals surface area (Å²) in [6.45, 7) is 4.07. The number of methoxy groups -OCH3 is 1. The molecule has 1 heterocycles. The molecule has 0 spiro atoms. The van der Waals surface area contributed by atoms with E-state index in [0.29, 0.717) is 12.2 Å². The van der Waals surface area contributed by atoms with Crippen LogP contribution in [0.5, 0.6) is 11.5 Å². The highest BCUT2D eigenvalue weighted by Crippen LogP contribution is 2.43. The normalized spacial score (nSPS) is 17.1. The molecule has 0 amide bonds. The van der Waals surface area contributed by atoms with Crippen molar-refractivity contribution in [1.29, 1.82) is 0 Å². The summed E-state index contributed by atoms with van der Waals surface area (Å²) in [5.74, 6) is 1.28. The number of carbonyl (C=O) groups excluding carboxylic acids is 1. The van der Waals surface area contributed by atoms with Gasteiger partial charge in [0.2, 0.25) is 0 Å². The molecule has 0 saturated heterocycles. The van der Waals surface area contributed by atoms with Crippen LogP contribution in [-0.4, -0.2) is 13.1 Å². The molecule has 1 atom stereocenters. The van der Waals surface area contributed by atoms with Gasteiger partial charge in [-0.15, -0.1) is 0 Å². The average molecular weight is 282 g/mol. The summed E-state index contributed by atoms with van der Waals surface area (Å²) in [7, 11) is 1.66. The van der Waals surface area contributed by atoms with Crippen LogP contribution in [0.2, 0.25) is 0 Å². The van der Waals surface area contributed by atoms with Crippen molar-refractivity contribution in [2.75, 3.05) is 7.11 Å². The number of carbonyl (C=O) groups is 1. The van der Waals surface area contributed by atoms with Crippen LogP contribution in [-0.2, 0) is 4.79 Å². The minimum atomic E-state index is -0.191. The molecule has 0 radical (unpaired) electrons. The molecule has 1 aliphatic rings. The SMILES string of the molecule is COc1ccccc1[C@@H]1CC(=O)Oc2cc(C)cc(C)c21. The van der Waals surface area contributed by atoms with Crippen molar-refractivity contribution in [1.82, 2.24) is 0 Å². The molecule has 2 aromatic rings. The van der Waals surface area contributed by atoms with Gasteiger partial charge in [0.05, 0.1) is 13.5 Å². The molecule has 0 aliphatic carbocycles. The summed E-state index contributed by atoms with van der Waals surface area (Å²) >= 11 is 0. The molecule has 21 heavy (non-hydrogen) atoms. The van der Waals surface area contributed by atoms with Gasteiger partial charge >= 0.3 is 5.97 Å². The second-order valence-corrected chi connectivity index (χ2v) is 5.47. The van der Waals surface area contributed by atoms with Crippen LogP contribution in [0.4, 0.5) is 0 Å². The summed E-state index contributed by atoms with van der Waals surface area (Å²) in [5, 5.41) is 0. The second-order valence-electron chi connectivity index (χ2n) is 5.47. The van der Waals surface area contributed by atoms with Gasteiger partial charge in [0.25, 0.3) is 0 Å². The third kappa shape index (κ3) is 2.40. The quantitative estimate of drug-likeness (QED) is 0.621. The highest BCUT2D eigenvalue weighted by atomic mass is 16.5. The van der Waals surface area contributed by atoms with Gasteiger partial charge < -0.3 is 9.47 Å². The van der Waals surface area contributed by atoms with Gasteiger partial charge in [-0.2, -0.15) is 0 Å². The maximum absolute atomic E-state index is 12.0. The molecule has 2 aromatic carbocycles. The molecule has 0 saturated carbocycles. The van der Waals surface area contributed by atoms with Gasteiger partial charge in [-0.1, -0.05) is 24.3 Å². The van der Waals surface area contributed by atoms with Crippen LogP contribution in [0.1, 0.15) is 34.6 Å². The van der Waals surface area contributed by atoms with Gasteiger partial charge in [-0.25, -0.2) is 0 Å². The van der Waals surface area contributed by atoms with E-state index in [1.54, 1.807) is 7.11 Å². The van der Waals surface area contributed by atoms with Crippen LogP contribution in [0.3, 0.4) is 0 Å². The summed E-state index contributed by atoms with van der Waals surface area (Å²) in [4.78, 5) is 12.0. The molecule has 0 N–H and O–H groups in total. The summed E-state index contributed by atoms with van der Waals surface area (Å²) in [5.41, 5.74) is 4.36. The van der Waals surface area contributed by atoms with Gasteiger partial charge in [-0.05, 0) is 37.1 Å². The predicted octanol–water partition coefficient (Wildman–Crippen LogP) is 3.75. The number of aryl methyl sites for hydroxylation is 2. The predicted molar refractivity (Wildman–Crippen MR) is 81.0 cm³/mol. The zero-order chi connectivity index (χ0) is 15.0. The Morgan fingerprint density at radius 3 is 2.71 bits per heavy atom. The molecule has 0 aromatic heterocycles. The first-order valence-corrected chi connectivity index (χ1v) is 7.05. The number of benzene rings is 2. The minimum absolute atomic E-state index is 0.0157. The van der Waals surface area contributed by atoms with E-state index in [1.807, 2.05) is 37.3 Å². The molecule has 0 bridgehead atoms. The Kier molecular flexibility index (Phi) is 3.42. The zero-order valence-electron chi connectivity index (χ0n) is 12.5. The largest absolute Gasteiger partial charge is 0.496 e. The van der Waals surface area contributed by atoms with E-state index in [-0.39, 0.29) is 11.9 Å². The maximum Gasteiger partial charge on any atom is 0.312 e. The Bertz CT molecular complexity index is 704. The number of esters is 1. The number of para-hydroxylation sites is 1. The lowest BCUT2D eigenvalue weighted by Gasteiger charge is -2.28. The van der Waals surface area contributed by atoms with E-state index in [4.69, 9.17) is 9.47 Å². The third-order valence-corrected chi connectivity index (χ3v) is 3.95. The van der Waals surface area contributed by atoms with Crippen molar-refractivity contribution in [3.05, 3.63) is 58.7 Å². The number of rotatable bonds is 2. The number of fused-ring (bicyclic) bond motifs is 1. The van der Waals surface area contributed by atoms with Gasteiger partial charge in [-0.3, -0.25) is 4.79 Å². The lowest BCUT2D eigenvalue weighted by molar-refractivity contribution is -0.135. The number of ether oxygens (including phenoxy) is 2. The number of hydrogen-bond donors (Lipinski definition) is 0. The zero-order valence-corrected chi connectivity index (χ0v) is 12.5. The van der Waals surface area contributed by atoms with E-state index < -0.39 is 0 Å². The van der Waals surface area contributed by atoms with Crippen molar-refractivity contribution < 1.29 is 14.3 Å². The molecular weight excluding hydrogens is 264 g/mol. The monoisotopic (exact) mass is 282 g/mol. The molecule has 3 heteroatoms. The van der Waals surface area contributed by atoms with Crippen molar-refractivity contribution in [3.8, 4) is 11.5 Å². The van der Waals surface area contributed by atoms with Crippen LogP contribution in [0, 0.1) is 13.8 Å². The Morgan fingerprint density at radius 2 is 1.95 bits per heavy atom. The van der Waals surface area contributed by atoms with Gasteiger partial charge in [0.15, 0.2) is 0 Å². The average Bonchev–Trinajstić information content (AvgIpc) is 2.45. The topological polar surface area (TPSA) is 35.5 Å². The lowest BCUT2D eigenvalue weighted by atomic mass is 9.83. The molecular formula is C18H18O3. The first-order valence-electron chi connectivity index (χ1n) is 7.05. The third-order valence-electron chi connectivity index (χ3n) is 3.95. The lowest BCUT2D eigenvalue weighted by Crippen LogP contribution is -2.22. The fourth-order valence-corrected chi connectivity index (χ4v) is 3.12. The molecule has 1 aliphatic heterocycles. The highest BCUT2D eigenvalue weighted by Gasteiger charge is 2.31. The number of hydrogen-bond acceptors (Lipinski definition) is 3. The first-order chi connectivity index (χ1) is 10.1. The molecule has 0 unspecified atom stereocenters. The Labute approximate surface area is 124 Å². The van der Waals surface area contributed by atoms with Crippen LogP contribution < -0.4 is 9.47 Å². The van der Waals surface area contributed by atoms with E-state index in [2.05, 4.69) is 13.0 Å². The fourth-order valence-electron chi connectivity index (χ4n) is 3.12. The summed E-state index contributed by atoms with van der Waals surface area (Å²) < 4.78 is 10.9. The Balaban J connectivity index is 2.19. The summed E-state index contributed by atoms with van der Waals surface area (Å²) in [6.07, 6.45) is 0.345. The van der Waals surface area contributed by atoms with Crippen molar-refractivity contribution in [2.24, 2.45) is 0 Å². The Morgan fingerprint density at radius 1 is 1.19 bits per heavy atom. The van der Waals surface area contributed by atoms with E-state index in [0.717, 1.165) is 28.0 Å². The molecule has 3 rings (SSSR count). The van der Waals surface area contributed by atoms with Crippen LogP contribution >= 0.6 is 0 Å². The van der Waals surface area contributed by atoms with E-state index >= 15 is 0 Å². The van der Waals surface area contributed by atoms with Crippen LogP contribution in [0.25, 0.3) is 0 Å². The second kappa shape index (κ2) is 5.24. The fraction of sp³-hybridized carbons (Fsp3) is 0.278. The molecule has 3 nitrogen and oxygen atoms in total. The maximum atomic E-state index is 12.0. The first kappa shape index (κ1) is 13.7. The molecule has 0 fully saturated rings. The standard InChI is InChI=1S/C18H18O3/c1-11-8-12(2)18-14(10-17(19)21-16(18)9-11)13-6-4-5-7-15(13)20-3/h4-9,14H,10H2,1-3H3/t14-/m0/s1. The van der Waals surface area contributed by atoms with Crippen molar-refractivity contribution in [3.63, 3.8) is 0 Å². The van der Waals surface area contributed by atoms with Crippen molar-refractivity contribution in [2.45, 2.75) is 26.2 Å². The van der Waals surface area contributed by atoms with Gasteiger partial charge in [0, 0.05) is 17.0 Å². The van der Waals surface area contributed by atoms with E-state index in [1.165, 1.54) is 0 Å². The molecule has 108 valence electrons. The van der Waals surface area contributed by atoms with Crippen LogP contribution in [0.15, 0.2) is 36.4 Å². The highest BCUT2D eigenvalue weighted by molar-refractivity contribution is 5.78. The minimum Gasteiger partial charge on any atom is -0.496 e.